The lowest BCUT2D eigenvalue weighted by Gasteiger charge is -2.39. The molecule has 0 bridgehead atoms. The Labute approximate surface area is 191 Å². The summed E-state index contributed by atoms with van der Waals surface area (Å²) in [5.41, 5.74) is 5.17. The molecule has 2 aliphatic rings. The zero-order valence-corrected chi connectivity index (χ0v) is 18.2. The van der Waals surface area contributed by atoms with E-state index in [-0.39, 0.29) is 12.1 Å². The van der Waals surface area contributed by atoms with Gasteiger partial charge in [-0.3, -0.25) is 0 Å². The van der Waals surface area contributed by atoms with Crippen LogP contribution in [0.4, 0.5) is 5.95 Å². The molecule has 6 rings (SSSR count). The fourth-order valence-corrected chi connectivity index (χ4v) is 4.58. The minimum atomic E-state index is -0.322. The lowest BCUT2D eigenvalue weighted by atomic mass is 9.84. The van der Waals surface area contributed by atoms with Gasteiger partial charge in [-0.2, -0.15) is 10.1 Å². The van der Waals surface area contributed by atoms with Gasteiger partial charge in [0.05, 0.1) is 19.9 Å². The molecule has 4 aromatic rings. The van der Waals surface area contributed by atoms with Gasteiger partial charge in [-0.1, -0.05) is 36.4 Å². The number of aromatic nitrogens is 3. The highest BCUT2D eigenvalue weighted by Crippen LogP contribution is 2.50. The molecule has 0 saturated carbocycles. The molecule has 3 heterocycles. The van der Waals surface area contributed by atoms with Crippen LogP contribution in [0.3, 0.4) is 0 Å². The van der Waals surface area contributed by atoms with Gasteiger partial charge in [0, 0.05) is 11.1 Å². The number of rotatable bonds is 4. The van der Waals surface area contributed by atoms with Crippen molar-refractivity contribution >= 4 is 11.6 Å². The van der Waals surface area contributed by atoms with Gasteiger partial charge in [-0.15, -0.1) is 0 Å². The first-order valence-corrected chi connectivity index (χ1v) is 10.7. The highest BCUT2D eigenvalue weighted by Gasteiger charge is 2.40. The van der Waals surface area contributed by atoms with Crippen molar-refractivity contribution in [2.45, 2.75) is 12.1 Å². The molecule has 0 fully saturated rings. The van der Waals surface area contributed by atoms with E-state index in [2.05, 4.69) is 33.6 Å². The van der Waals surface area contributed by atoms with Crippen molar-refractivity contribution in [3.8, 4) is 17.2 Å². The number of para-hydroxylation sites is 1. The third-order valence-corrected chi connectivity index (χ3v) is 6.17. The average Bonchev–Trinajstić information content (AvgIpc) is 3.35. The summed E-state index contributed by atoms with van der Waals surface area (Å²) in [6.45, 7) is 0. The highest BCUT2D eigenvalue weighted by atomic mass is 16.5. The van der Waals surface area contributed by atoms with E-state index < -0.39 is 0 Å². The number of nitrogens with one attached hydrogen (secondary N) is 1. The van der Waals surface area contributed by atoms with E-state index in [4.69, 9.17) is 14.2 Å². The van der Waals surface area contributed by atoms with Crippen LogP contribution in [0, 0.1) is 0 Å². The molecule has 0 amide bonds. The van der Waals surface area contributed by atoms with Crippen LogP contribution in [0.2, 0.25) is 0 Å². The Bertz CT molecular complexity index is 1340. The van der Waals surface area contributed by atoms with Crippen LogP contribution in [0.15, 0.2) is 84.7 Å². The second-order valence-electron chi connectivity index (χ2n) is 7.93. The molecule has 0 spiro atoms. The maximum absolute atomic E-state index is 6.62. The second-order valence-corrected chi connectivity index (χ2v) is 7.93. The number of anilines is 1. The van der Waals surface area contributed by atoms with Gasteiger partial charge in [0.25, 0.3) is 0 Å². The van der Waals surface area contributed by atoms with Crippen LogP contribution in [-0.4, -0.2) is 29.0 Å². The van der Waals surface area contributed by atoms with E-state index in [1.165, 1.54) is 0 Å². The van der Waals surface area contributed by atoms with Crippen LogP contribution in [0.5, 0.6) is 17.2 Å². The zero-order chi connectivity index (χ0) is 22.4. The number of hydrogen-bond donors (Lipinski definition) is 1. The molecule has 3 aromatic carbocycles. The number of ether oxygens (including phenoxy) is 3. The molecule has 2 aliphatic heterocycles. The van der Waals surface area contributed by atoms with Gasteiger partial charge >= 0.3 is 0 Å². The molecule has 0 aliphatic carbocycles. The Morgan fingerprint density at radius 2 is 1.52 bits per heavy atom. The number of hydrogen-bond acceptors (Lipinski definition) is 6. The van der Waals surface area contributed by atoms with Crippen molar-refractivity contribution in [1.82, 2.24) is 14.8 Å². The molecule has 0 saturated heterocycles. The van der Waals surface area contributed by atoms with Crippen LogP contribution in [0.25, 0.3) is 5.70 Å². The van der Waals surface area contributed by atoms with Crippen molar-refractivity contribution in [1.29, 1.82) is 0 Å². The SMILES string of the molecule is COc1ccc([C@H]2C3=C(Nc4ncnn42)c2ccccc2O[C@@H]3c2ccc(OC)cc2)cc1. The van der Waals surface area contributed by atoms with E-state index in [0.29, 0.717) is 5.95 Å². The third kappa shape index (κ3) is 3.12. The smallest absolute Gasteiger partial charge is 0.226 e. The fourth-order valence-electron chi connectivity index (χ4n) is 4.58. The van der Waals surface area contributed by atoms with Crippen molar-refractivity contribution in [2.75, 3.05) is 19.5 Å². The van der Waals surface area contributed by atoms with Crippen molar-refractivity contribution in [2.24, 2.45) is 0 Å². The summed E-state index contributed by atoms with van der Waals surface area (Å²) in [5.74, 6) is 3.12. The minimum absolute atomic E-state index is 0.204. The monoisotopic (exact) mass is 438 g/mol. The number of nitrogens with zero attached hydrogens (tertiary/aromatic N) is 3. The topological polar surface area (TPSA) is 70.4 Å². The molecule has 1 N–H and O–H groups in total. The van der Waals surface area contributed by atoms with E-state index >= 15 is 0 Å². The van der Waals surface area contributed by atoms with Crippen molar-refractivity contribution < 1.29 is 14.2 Å². The molecule has 0 radical (unpaired) electrons. The molecular weight excluding hydrogens is 416 g/mol. The summed E-state index contributed by atoms with van der Waals surface area (Å²) >= 11 is 0. The Morgan fingerprint density at radius 3 is 2.21 bits per heavy atom. The molecule has 33 heavy (non-hydrogen) atoms. The van der Waals surface area contributed by atoms with E-state index in [0.717, 1.165) is 45.2 Å². The van der Waals surface area contributed by atoms with E-state index in [1.54, 1.807) is 20.5 Å². The predicted octanol–water partition coefficient (Wildman–Crippen LogP) is 4.86. The van der Waals surface area contributed by atoms with Gasteiger partial charge in [-0.25, -0.2) is 4.68 Å². The molecule has 0 unspecified atom stereocenters. The first kappa shape index (κ1) is 19.4. The van der Waals surface area contributed by atoms with Crippen LogP contribution >= 0.6 is 0 Å². The van der Waals surface area contributed by atoms with Crippen LogP contribution in [-0.2, 0) is 0 Å². The van der Waals surface area contributed by atoms with Gasteiger partial charge in [0.1, 0.15) is 35.7 Å². The molecule has 164 valence electrons. The van der Waals surface area contributed by atoms with Gasteiger partial charge in [0.15, 0.2) is 0 Å². The molecular formula is C26H22N4O3. The first-order chi connectivity index (χ1) is 16.3. The minimum Gasteiger partial charge on any atom is -0.497 e. The third-order valence-electron chi connectivity index (χ3n) is 6.17. The summed E-state index contributed by atoms with van der Waals surface area (Å²) < 4.78 is 19.3. The quantitative estimate of drug-likeness (QED) is 0.491. The highest BCUT2D eigenvalue weighted by molar-refractivity contribution is 5.85. The van der Waals surface area contributed by atoms with Crippen LogP contribution < -0.4 is 19.5 Å². The Balaban J connectivity index is 1.58. The summed E-state index contributed by atoms with van der Waals surface area (Å²) in [7, 11) is 3.33. The second kappa shape index (κ2) is 7.70. The normalized spacial score (nSPS) is 18.4. The standard InChI is InChI=1S/C26H22N4O3/c1-31-18-11-7-16(8-12-18)24-22-23(29-26-27-15-28-30(24)26)20-5-3-4-6-21(20)33-25(22)17-9-13-19(32-2)14-10-17/h3-15,24-25H,1-2H3,(H,27,28,29)/t24-,25+/m0/s1. The lowest BCUT2D eigenvalue weighted by Crippen LogP contribution is -2.32. The summed E-state index contributed by atoms with van der Waals surface area (Å²) in [5, 5.41) is 8.08. The lowest BCUT2D eigenvalue weighted by molar-refractivity contribution is 0.223. The largest absolute Gasteiger partial charge is 0.497 e. The van der Waals surface area contributed by atoms with E-state index in [9.17, 15) is 0 Å². The van der Waals surface area contributed by atoms with Gasteiger partial charge in [-0.05, 0) is 47.5 Å². The maximum Gasteiger partial charge on any atom is 0.226 e. The zero-order valence-electron chi connectivity index (χ0n) is 18.2. The molecule has 1 aromatic heterocycles. The van der Waals surface area contributed by atoms with Crippen molar-refractivity contribution in [3.05, 3.63) is 101 Å². The van der Waals surface area contributed by atoms with Gasteiger partial charge in [0.2, 0.25) is 5.95 Å². The predicted molar refractivity (Wildman–Crippen MR) is 125 cm³/mol. The van der Waals surface area contributed by atoms with E-state index in [1.807, 2.05) is 59.3 Å². The Morgan fingerprint density at radius 1 is 0.848 bits per heavy atom. The Kier molecular flexibility index (Phi) is 4.54. The van der Waals surface area contributed by atoms with Crippen LogP contribution in [0.1, 0.15) is 28.8 Å². The van der Waals surface area contributed by atoms with Gasteiger partial charge < -0.3 is 19.5 Å². The summed E-state index contributed by atoms with van der Waals surface area (Å²) in [6, 6.07) is 23.9. The average molecular weight is 438 g/mol. The molecule has 7 heteroatoms. The summed E-state index contributed by atoms with van der Waals surface area (Å²) in [6.07, 6.45) is 1.25. The number of methoxy groups -OCH3 is 2. The fraction of sp³-hybridized carbons (Fsp3) is 0.154. The summed E-state index contributed by atoms with van der Waals surface area (Å²) in [4.78, 5) is 4.48. The molecule has 7 nitrogen and oxygen atoms in total. The van der Waals surface area contributed by atoms with Crippen molar-refractivity contribution in [3.63, 3.8) is 0 Å². The first-order valence-electron chi connectivity index (χ1n) is 10.7. The molecule has 2 atom stereocenters. The number of benzene rings is 3. The Hall–Kier alpha value is -4.26. The number of fused-ring (bicyclic) bond motifs is 3. The maximum atomic E-state index is 6.62.